The molecule has 0 amide bonds. The summed E-state index contributed by atoms with van der Waals surface area (Å²) in [4.78, 5) is 0.0678. The number of hydrogen-bond acceptors (Lipinski definition) is 3. The molecule has 0 unspecified atom stereocenters. The fourth-order valence-electron chi connectivity index (χ4n) is 2.51. The summed E-state index contributed by atoms with van der Waals surface area (Å²) in [5.41, 5.74) is 1.37. The van der Waals surface area contributed by atoms with Gasteiger partial charge >= 0.3 is 10.0 Å². The minimum absolute atomic E-state index is 0.0678. The highest BCUT2D eigenvalue weighted by molar-refractivity contribution is 7.85. The average molecular weight is 370 g/mol. The lowest BCUT2D eigenvalue weighted by Crippen LogP contribution is -2.28. The van der Waals surface area contributed by atoms with Crippen molar-refractivity contribution >= 4 is 39.1 Å². The van der Waals surface area contributed by atoms with E-state index in [-0.39, 0.29) is 9.92 Å². The molecule has 1 heterocycles. The highest BCUT2D eigenvalue weighted by Crippen LogP contribution is 2.31. The van der Waals surface area contributed by atoms with Crippen LogP contribution in [-0.4, -0.2) is 31.3 Å². The lowest BCUT2D eigenvalue weighted by atomic mass is 10.2. The van der Waals surface area contributed by atoms with Crippen LogP contribution in [0.3, 0.4) is 0 Å². The van der Waals surface area contributed by atoms with E-state index in [1.165, 1.54) is 10.0 Å². The van der Waals surface area contributed by atoms with Crippen LogP contribution in [0.2, 0.25) is 10.0 Å². The Balaban J connectivity index is 2.18. The highest BCUT2D eigenvalue weighted by Gasteiger charge is 2.35. The van der Waals surface area contributed by atoms with E-state index in [0.29, 0.717) is 29.5 Å². The van der Waals surface area contributed by atoms with E-state index >= 15 is 0 Å². The van der Waals surface area contributed by atoms with Crippen LogP contribution in [0.15, 0.2) is 47.4 Å². The maximum absolute atomic E-state index is 13.0. The molecule has 23 heavy (non-hydrogen) atoms. The van der Waals surface area contributed by atoms with Crippen molar-refractivity contribution in [2.24, 2.45) is 0 Å². The number of nitrogens with zero attached hydrogens (tertiary/aromatic N) is 1. The normalized spacial score (nSPS) is 14.9. The van der Waals surface area contributed by atoms with Gasteiger partial charge in [0.1, 0.15) is 18.0 Å². The number of amidine groups is 1. The Morgan fingerprint density at radius 1 is 1.09 bits per heavy atom. The van der Waals surface area contributed by atoms with Gasteiger partial charge in [0.05, 0.1) is 10.6 Å². The molecule has 1 aliphatic heterocycles. The van der Waals surface area contributed by atoms with Crippen LogP contribution in [0.5, 0.6) is 0 Å². The number of benzene rings is 2. The van der Waals surface area contributed by atoms with Gasteiger partial charge in [-0.05, 0) is 36.8 Å². The summed E-state index contributed by atoms with van der Waals surface area (Å²) in [7, 11) is -3.76. The largest absolute Gasteiger partial charge is 0.332 e. The van der Waals surface area contributed by atoms with Crippen molar-refractivity contribution < 1.29 is 12.4 Å². The van der Waals surface area contributed by atoms with Gasteiger partial charge in [0.2, 0.25) is 0 Å². The van der Waals surface area contributed by atoms with Crippen molar-refractivity contribution in [1.82, 2.24) is 5.32 Å². The quantitative estimate of drug-likeness (QED) is 0.845. The molecule has 120 valence electrons. The molecule has 0 saturated heterocycles. The zero-order valence-corrected chi connectivity index (χ0v) is 14.7. The number of nitrogens with one attached hydrogen (secondary N) is 1. The molecule has 1 aliphatic rings. The summed E-state index contributed by atoms with van der Waals surface area (Å²) in [5, 5.41) is 3.75. The van der Waals surface area contributed by atoms with Gasteiger partial charge in [-0.25, -0.2) is 0 Å². The van der Waals surface area contributed by atoms with Crippen molar-refractivity contribution in [3.63, 3.8) is 0 Å². The molecule has 2 aromatic carbocycles. The first-order valence-corrected chi connectivity index (χ1v) is 9.26. The second kappa shape index (κ2) is 6.15. The monoisotopic (exact) mass is 369 g/mol. The van der Waals surface area contributed by atoms with Crippen LogP contribution in [0, 0.1) is 6.92 Å². The van der Waals surface area contributed by atoms with Gasteiger partial charge in [-0.2, -0.15) is 8.42 Å². The Bertz CT molecular complexity index is 894. The van der Waals surface area contributed by atoms with E-state index < -0.39 is 10.0 Å². The lowest BCUT2D eigenvalue weighted by molar-refractivity contribution is -0.352. The third kappa shape index (κ3) is 2.84. The molecule has 0 atom stereocenters. The Labute approximate surface area is 145 Å². The minimum Gasteiger partial charge on any atom is -0.269 e. The Morgan fingerprint density at radius 2 is 1.78 bits per heavy atom. The molecule has 0 aromatic heterocycles. The summed E-state index contributed by atoms with van der Waals surface area (Å²) in [6.07, 6.45) is 0. The number of sulfonamides is 1. The number of rotatable bonds is 3. The third-order valence-electron chi connectivity index (χ3n) is 3.76. The zero-order valence-electron chi connectivity index (χ0n) is 12.4. The fraction of sp³-hybridized carbons (Fsp3) is 0.188. The van der Waals surface area contributed by atoms with Crippen LogP contribution >= 0.6 is 23.2 Å². The number of hydrogen-bond donors (Lipinski definition) is 1. The molecule has 0 radical (unpaired) electrons. The van der Waals surface area contributed by atoms with Crippen LogP contribution in [0.25, 0.3) is 0 Å². The SMILES string of the molecule is Cc1c(Cl)ccc(S(=O)(=O)[N+]2=C(c3ccccc3)NCC2)c1Cl. The summed E-state index contributed by atoms with van der Waals surface area (Å²) in [5.74, 6) is 0.564. The second-order valence-electron chi connectivity index (χ2n) is 5.20. The standard InChI is InChI=1S/C16H14Cl2N2O2S/c1-11-13(17)7-8-14(15(11)18)23(21,22)20-10-9-19-16(20)12-5-3-2-4-6-12/h2-8H,9-10H2,1H3/p+1. The Kier molecular flexibility index (Phi) is 4.36. The van der Waals surface area contributed by atoms with Gasteiger partial charge < -0.3 is 0 Å². The van der Waals surface area contributed by atoms with Gasteiger partial charge in [0, 0.05) is 5.02 Å². The average Bonchev–Trinajstić information content (AvgIpc) is 3.04. The first kappa shape index (κ1) is 16.3. The van der Waals surface area contributed by atoms with E-state index in [1.54, 1.807) is 13.0 Å². The molecule has 1 N–H and O–H groups in total. The van der Waals surface area contributed by atoms with Crippen molar-refractivity contribution in [3.05, 3.63) is 63.6 Å². The molecule has 3 rings (SSSR count). The van der Waals surface area contributed by atoms with Gasteiger partial charge in [-0.1, -0.05) is 41.4 Å². The van der Waals surface area contributed by atoms with Crippen LogP contribution < -0.4 is 5.32 Å². The van der Waals surface area contributed by atoms with Crippen molar-refractivity contribution in [2.75, 3.05) is 13.1 Å². The molecule has 2 aromatic rings. The minimum atomic E-state index is -3.76. The molecule has 0 spiro atoms. The van der Waals surface area contributed by atoms with E-state index in [9.17, 15) is 8.42 Å². The van der Waals surface area contributed by atoms with Crippen LogP contribution in [-0.2, 0) is 10.0 Å². The molecule has 4 nitrogen and oxygen atoms in total. The summed E-state index contributed by atoms with van der Waals surface area (Å²) >= 11 is 12.2. The number of halogens is 2. The lowest BCUT2D eigenvalue weighted by Gasteiger charge is -2.10. The van der Waals surface area contributed by atoms with Gasteiger partial charge in [0.25, 0.3) is 5.84 Å². The predicted molar refractivity (Wildman–Crippen MR) is 92.1 cm³/mol. The molecule has 7 heteroatoms. The second-order valence-corrected chi connectivity index (χ2v) is 7.82. The van der Waals surface area contributed by atoms with Crippen LogP contribution in [0.4, 0.5) is 0 Å². The smallest absolute Gasteiger partial charge is 0.269 e. The molecular weight excluding hydrogens is 355 g/mol. The molecular formula is C16H15Cl2N2O2S+. The molecule has 0 fully saturated rings. The van der Waals surface area contributed by atoms with Crippen molar-refractivity contribution in [1.29, 1.82) is 0 Å². The Morgan fingerprint density at radius 3 is 2.48 bits per heavy atom. The van der Waals surface area contributed by atoms with Crippen LogP contribution in [0.1, 0.15) is 11.1 Å². The Hall–Kier alpha value is -1.56. The summed E-state index contributed by atoms with van der Waals surface area (Å²) in [6.45, 7) is 2.60. The van der Waals surface area contributed by atoms with Crippen molar-refractivity contribution in [3.8, 4) is 0 Å². The highest BCUT2D eigenvalue weighted by atomic mass is 35.5. The molecule has 0 bridgehead atoms. The maximum atomic E-state index is 13.0. The fourth-order valence-corrected chi connectivity index (χ4v) is 4.77. The predicted octanol–water partition coefficient (Wildman–Crippen LogP) is 3.05. The van der Waals surface area contributed by atoms with Gasteiger partial charge in [-0.15, -0.1) is 3.98 Å². The zero-order chi connectivity index (χ0) is 16.6. The first-order chi connectivity index (χ1) is 10.9. The molecule has 0 aliphatic carbocycles. The summed E-state index contributed by atoms with van der Waals surface area (Å²) in [6, 6.07) is 12.4. The first-order valence-electron chi connectivity index (χ1n) is 7.06. The summed E-state index contributed by atoms with van der Waals surface area (Å²) < 4.78 is 27.4. The topological polar surface area (TPSA) is 49.2 Å². The van der Waals surface area contributed by atoms with Gasteiger partial charge in [0.15, 0.2) is 0 Å². The van der Waals surface area contributed by atoms with E-state index in [4.69, 9.17) is 23.2 Å². The van der Waals surface area contributed by atoms with Crippen molar-refractivity contribution in [2.45, 2.75) is 11.8 Å². The van der Waals surface area contributed by atoms with E-state index in [0.717, 1.165) is 5.56 Å². The van der Waals surface area contributed by atoms with Gasteiger partial charge in [-0.3, -0.25) is 5.32 Å². The van der Waals surface area contributed by atoms with E-state index in [2.05, 4.69) is 5.32 Å². The molecule has 0 saturated carbocycles. The maximum Gasteiger partial charge on any atom is 0.332 e. The van der Waals surface area contributed by atoms with E-state index in [1.807, 2.05) is 30.3 Å². The third-order valence-corrected chi connectivity index (χ3v) is 6.61.